The molecule has 2 rings (SSSR count). The Balaban J connectivity index is 2.15. The van der Waals surface area contributed by atoms with Crippen molar-refractivity contribution in [1.82, 2.24) is 10.2 Å². The van der Waals surface area contributed by atoms with Crippen molar-refractivity contribution < 1.29 is 4.79 Å². The predicted octanol–water partition coefficient (Wildman–Crippen LogP) is 3.49. The molecule has 1 amide bonds. The molecule has 3 nitrogen and oxygen atoms in total. The van der Waals surface area contributed by atoms with Gasteiger partial charge in [0.05, 0.1) is 15.7 Å². The van der Waals surface area contributed by atoms with Gasteiger partial charge in [-0.25, -0.2) is 0 Å². The van der Waals surface area contributed by atoms with E-state index in [9.17, 15) is 4.79 Å². The van der Waals surface area contributed by atoms with Crippen molar-refractivity contribution in [3.8, 4) is 0 Å². The molecule has 2 heterocycles. The van der Waals surface area contributed by atoms with Gasteiger partial charge < -0.3 is 10.2 Å². The molecule has 1 fully saturated rings. The molecule has 0 radical (unpaired) electrons. The number of nitrogens with one attached hydrogen (secondary N) is 1. The maximum Gasteiger partial charge on any atom is 0.230 e. The molecular weight excluding hydrogens is 336 g/mol. The molecule has 1 aliphatic rings. The van der Waals surface area contributed by atoms with E-state index in [4.69, 9.17) is 0 Å². The minimum absolute atomic E-state index is 0.218. The highest BCUT2D eigenvalue weighted by molar-refractivity contribution is 9.11. The summed E-state index contributed by atoms with van der Waals surface area (Å²) in [6, 6.07) is 4.15. The lowest BCUT2D eigenvalue weighted by atomic mass is 9.75. The summed E-state index contributed by atoms with van der Waals surface area (Å²) in [5, 5.41) is 3.37. The highest BCUT2D eigenvalue weighted by Gasteiger charge is 2.45. The average Bonchev–Trinajstić information content (AvgIpc) is 3.04. The quantitative estimate of drug-likeness (QED) is 0.873. The number of halogens is 1. The van der Waals surface area contributed by atoms with E-state index in [1.165, 1.54) is 4.88 Å². The Labute approximate surface area is 133 Å². The minimum Gasteiger partial charge on any atom is -0.337 e. The summed E-state index contributed by atoms with van der Waals surface area (Å²) in [7, 11) is 0. The van der Waals surface area contributed by atoms with Gasteiger partial charge in [-0.1, -0.05) is 13.8 Å². The molecule has 1 atom stereocenters. The van der Waals surface area contributed by atoms with Crippen molar-refractivity contribution in [3.05, 3.63) is 20.8 Å². The molecule has 0 aliphatic carbocycles. The Morgan fingerprint density at radius 2 is 2.30 bits per heavy atom. The van der Waals surface area contributed by atoms with Gasteiger partial charge in [-0.2, -0.15) is 0 Å². The van der Waals surface area contributed by atoms with E-state index in [2.05, 4.69) is 48.1 Å². The molecular formula is C15H23BrN2OS. The molecule has 1 aliphatic heterocycles. The molecule has 112 valence electrons. The third kappa shape index (κ3) is 3.10. The zero-order chi connectivity index (χ0) is 14.8. The SMILES string of the molecule is CCN(Cc1ccc(Br)s1)C(=O)C1(C(C)C)CCNC1. The van der Waals surface area contributed by atoms with Crippen molar-refractivity contribution in [2.24, 2.45) is 11.3 Å². The van der Waals surface area contributed by atoms with Gasteiger partial charge in [-0.05, 0) is 53.9 Å². The first-order valence-electron chi connectivity index (χ1n) is 7.24. The van der Waals surface area contributed by atoms with Crippen LogP contribution in [0.25, 0.3) is 0 Å². The minimum atomic E-state index is -0.218. The molecule has 0 spiro atoms. The molecule has 1 unspecified atom stereocenters. The molecule has 1 aromatic rings. The number of carbonyl (C=O) groups excluding carboxylic acids is 1. The maximum absolute atomic E-state index is 13.0. The summed E-state index contributed by atoms with van der Waals surface area (Å²) in [4.78, 5) is 16.3. The number of carbonyl (C=O) groups is 1. The lowest BCUT2D eigenvalue weighted by Crippen LogP contribution is -2.47. The van der Waals surface area contributed by atoms with Gasteiger partial charge in [-0.15, -0.1) is 11.3 Å². The molecule has 0 bridgehead atoms. The first-order chi connectivity index (χ1) is 9.49. The van der Waals surface area contributed by atoms with Crippen LogP contribution in [0.2, 0.25) is 0 Å². The Bertz CT molecular complexity index is 466. The van der Waals surface area contributed by atoms with Crippen molar-refractivity contribution >= 4 is 33.2 Å². The lowest BCUT2D eigenvalue weighted by molar-refractivity contribution is -0.144. The fourth-order valence-corrected chi connectivity index (χ4v) is 4.40. The average molecular weight is 359 g/mol. The highest BCUT2D eigenvalue weighted by Crippen LogP contribution is 2.37. The van der Waals surface area contributed by atoms with E-state index in [0.29, 0.717) is 11.8 Å². The number of nitrogens with zero attached hydrogens (tertiary/aromatic N) is 1. The van der Waals surface area contributed by atoms with Gasteiger partial charge >= 0.3 is 0 Å². The van der Waals surface area contributed by atoms with Crippen LogP contribution in [0.4, 0.5) is 0 Å². The Morgan fingerprint density at radius 1 is 1.55 bits per heavy atom. The number of amides is 1. The van der Waals surface area contributed by atoms with Crippen LogP contribution in [0.5, 0.6) is 0 Å². The Hall–Kier alpha value is -0.390. The molecule has 1 N–H and O–H groups in total. The van der Waals surface area contributed by atoms with Crippen LogP contribution >= 0.6 is 27.3 Å². The summed E-state index contributed by atoms with van der Waals surface area (Å²) in [6.07, 6.45) is 0.953. The maximum atomic E-state index is 13.0. The topological polar surface area (TPSA) is 32.3 Å². The summed E-state index contributed by atoms with van der Waals surface area (Å²) in [6.45, 7) is 9.65. The van der Waals surface area contributed by atoms with E-state index >= 15 is 0 Å². The largest absolute Gasteiger partial charge is 0.337 e. The van der Waals surface area contributed by atoms with E-state index < -0.39 is 0 Å². The highest BCUT2D eigenvalue weighted by atomic mass is 79.9. The number of hydrogen-bond donors (Lipinski definition) is 1. The second-order valence-electron chi connectivity index (χ2n) is 5.76. The van der Waals surface area contributed by atoms with Crippen LogP contribution in [-0.2, 0) is 11.3 Å². The van der Waals surface area contributed by atoms with Crippen molar-refractivity contribution in [2.75, 3.05) is 19.6 Å². The van der Waals surface area contributed by atoms with E-state index in [0.717, 1.165) is 36.4 Å². The number of thiophene rings is 1. The third-order valence-corrected chi connectivity index (χ3v) is 5.97. The fraction of sp³-hybridized carbons (Fsp3) is 0.667. The zero-order valence-corrected chi connectivity index (χ0v) is 14.8. The van der Waals surface area contributed by atoms with Crippen molar-refractivity contribution in [1.29, 1.82) is 0 Å². The first kappa shape index (κ1) is 16.0. The second kappa shape index (κ2) is 6.58. The molecule has 1 aromatic heterocycles. The van der Waals surface area contributed by atoms with Crippen molar-refractivity contribution in [2.45, 2.75) is 33.7 Å². The predicted molar refractivity (Wildman–Crippen MR) is 87.9 cm³/mol. The summed E-state index contributed by atoms with van der Waals surface area (Å²) < 4.78 is 1.12. The zero-order valence-electron chi connectivity index (χ0n) is 12.4. The van der Waals surface area contributed by atoms with Gasteiger partial charge in [0.2, 0.25) is 5.91 Å². The Kier molecular flexibility index (Phi) is 5.26. The number of rotatable bonds is 5. The summed E-state index contributed by atoms with van der Waals surface area (Å²) in [5.74, 6) is 0.679. The van der Waals surface area contributed by atoms with Gasteiger partial charge in [0.1, 0.15) is 0 Å². The lowest BCUT2D eigenvalue weighted by Gasteiger charge is -2.36. The van der Waals surface area contributed by atoms with Crippen LogP contribution in [0.15, 0.2) is 15.9 Å². The van der Waals surface area contributed by atoms with Gasteiger partial charge in [-0.3, -0.25) is 4.79 Å². The Morgan fingerprint density at radius 3 is 2.75 bits per heavy atom. The normalized spacial score (nSPS) is 22.4. The van der Waals surface area contributed by atoms with Crippen molar-refractivity contribution in [3.63, 3.8) is 0 Å². The second-order valence-corrected chi connectivity index (χ2v) is 8.31. The van der Waals surface area contributed by atoms with E-state index in [1.54, 1.807) is 11.3 Å². The third-order valence-electron chi connectivity index (χ3n) is 4.36. The van der Waals surface area contributed by atoms with E-state index in [-0.39, 0.29) is 5.41 Å². The van der Waals surface area contributed by atoms with Gasteiger partial charge in [0.25, 0.3) is 0 Å². The standard InChI is InChI=1S/C15H23BrN2OS/c1-4-18(9-12-5-6-13(16)20-12)14(19)15(11(2)3)7-8-17-10-15/h5-6,11,17H,4,7-10H2,1-3H3. The first-order valence-corrected chi connectivity index (χ1v) is 8.85. The van der Waals surface area contributed by atoms with Gasteiger partial charge in [0, 0.05) is 18.0 Å². The van der Waals surface area contributed by atoms with Crippen LogP contribution in [-0.4, -0.2) is 30.4 Å². The molecule has 0 saturated carbocycles. The fourth-order valence-electron chi connectivity index (χ4n) is 2.90. The monoisotopic (exact) mass is 358 g/mol. The molecule has 0 aromatic carbocycles. The van der Waals surface area contributed by atoms with Crippen LogP contribution in [0, 0.1) is 11.3 Å². The molecule has 20 heavy (non-hydrogen) atoms. The number of hydrogen-bond acceptors (Lipinski definition) is 3. The van der Waals surface area contributed by atoms with Gasteiger partial charge in [0.15, 0.2) is 0 Å². The van der Waals surface area contributed by atoms with E-state index in [1.807, 2.05) is 11.0 Å². The summed E-state index contributed by atoms with van der Waals surface area (Å²) in [5.41, 5.74) is -0.218. The van der Waals surface area contributed by atoms with Crippen LogP contribution in [0.1, 0.15) is 32.1 Å². The van der Waals surface area contributed by atoms with Crippen LogP contribution in [0.3, 0.4) is 0 Å². The van der Waals surface area contributed by atoms with Crippen LogP contribution < -0.4 is 5.32 Å². The smallest absolute Gasteiger partial charge is 0.230 e. The molecule has 5 heteroatoms. The molecule has 1 saturated heterocycles. The summed E-state index contributed by atoms with van der Waals surface area (Å²) >= 11 is 5.19.